The Bertz CT molecular complexity index is 694. The van der Waals surface area contributed by atoms with Crippen molar-refractivity contribution in [3.8, 4) is 0 Å². The van der Waals surface area contributed by atoms with Gasteiger partial charge >= 0.3 is 0 Å². The van der Waals surface area contributed by atoms with E-state index in [4.69, 9.17) is 15.2 Å². The number of anilines is 4. The molecule has 0 fully saturated rings. The molecule has 0 saturated heterocycles. The van der Waals surface area contributed by atoms with Crippen molar-refractivity contribution < 1.29 is 18.3 Å². The Labute approximate surface area is 144 Å². The summed E-state index contributed by atoms with van der Waals surface area (Å²) in [6, 6.07) is 3.09. The molecule has 0 unspecified atom stereocenters. The van der Waals surface area contributed by atoms with Crippen LogP contribution in [0.4, 0.5) is 31.8 Å². The fourth-order valence-corrected chi connectivity index (χ4v) is 2.19. The second-order valence-electron chi connectivity index (χ2n) is 5.18. The predicted octanol–water partition coefficient (Wildman–Crippen LogP) is 2.18. The maximum atomic E-state index is 13.8. The van der Waals surface area contributed by atoms with E-state index in [0.717, 1.165) is 18.2 Å². The maximum Gasteiger partial charge on any atom is 0.159 e. The van der Waals surface area contributed by atoms with Crippen molar-refractivity contribution in [2.45, 2.75) is 0 Å². The number of aromatic nitrogens is 2. The van der Waals surface area contributed by atoms with Gasteiger partial charge in [0.05, 0.1) is 18.9 Å². The molecule has 0 saturated carbocycles. The van der Waals surface area contributed by atoms with Gasteiger partial charge in [0.15, 0.2) is 11.6 Å². The Morgan fingerprint density at radius 3 is 2.44 bits per heavy atom. The van der Waals surface area contributed by atoms with Crippen molar-refractivity contribution in [1.29, 1.82) is 0 Å². The molecule has 0 aliphatic heterocycles. The van der Waals surface area contributed by atoms with Gasteiger partial charge in [0, 0.05) is 33.4 Å². The number of nitrogens with one attached hydrogen (secondary N) is 1. The summed E-state index contributed by atoms with van der Waals surface area (Å²) in [5.74, 6) is -0.534. The van der Waals surface area contributed by atoms with Crippen LogP contribution in [0.5, 0.6) is 0 Å². The van der Waals surface area contributed by atoms with Crippen LogP contribution in [0.2, 0.25) is 0 Å². The van der Waals surface area contributed by atoms with Gasteiger partial charge in [-0.05, 0) is 12.1 Å². The molecule has 1 heterocycles. The lowest BCUT2D eigenvalue weighted by Gasteiger charge is -2.25. The van der Waals surface area contributed by atoms with Crippen molar-refractivity contribution in [2.24, 2.45) is 0 Å². The Hall–Kier alpha value is -2.52. The van der Waals surface area contributed by atoms with Gasteiger partial charge in [-0.2, -0.15) is 0 Å². The summed E-state index contributed by atoms with van der Waals surface area (Å²) in [5.41, 5.74) is 6.30. The highest BCUT2D eigenvalue weighted by Crippen LogP contribution is 2.29. The minimum atomic E-state index is -0.614. The van der Waals surface area contributed by atoms with E-state index in [0.29, 0.717) is 32.1 Å². The van der Waals surface area contributed by atoms with Crippen molar-refractivity contribution in [2.75, 3.05) is 56.5 Å². The molecule has 3 N–H and O–H groups in total. The fraction of sp³-hybridized carbons (Fsp3) is 0.375. The number of halogens is 2. The third-order valence-corrected chi connectivity index (χ3v) is 3.47. The van der Waals surface area contributed by atoms with Gasteiger partial charge in [0.2, 0.25) is 0 Å². The lowest BCUT2D eigenvalue weighted by Crippen LogP contribution is -2.32. The van der Waals surface area contributed by atoms with Crippen molar-refractivity contribution in [3.63, 3.8) is 0 Å². The molecule has 25 heavy (non-hydrogen) atoms. The van der Waals surface area contributed by atoms with E-state index >= 15 is 0 Å². The Morgan fingerprint density at radius 1 is 1.12 bits per heavy atom. The highest BCUT2D eigenvalue weighted by molar-refractivity contribution is 5.78. The lowest BCUT2D eigenvalue weighted by molar-refractivity contribution is 0.190. The van der Waals surface area contributed by atoms with Gasteiger partial charge in [0.25, 0.3) is 0 Å². The molecule has 136 valence electrons. The normalized spacial score (nSPS) is 10.7. The van der Waals surface area contributed by atoms with Crippen LogP contribution in [0.3, 0.4) is 0 Å². The predicted molar refractivity (Wildman–Crippen MR) is 92.1 cm³/mol. The smallest absolute Gasteiger partial charge is 0.159 e. The summed E-state index contributed by atoms with van der Waals surface area (Å²) in [6.07, 6.45) is 1.30. The van der Waals surface area contributed by atoms with Crippen LogP contribution in [0.1, 0.15) is 0 Å². The molecule has 0 aliphatic carbocycles. The number of methoxy groups -OCH3 is 2. The zero-order chi connectivity index (χ0) is 18.2. The van der Waals surface area contributed by atoms with E-state index in [9.17, 15) is 8.78 Å². The SMILES string of the molecule is COCCN(CCOC)c1ncnc(Nc2cc(F)ccc2F)c1N. The highest BCUT2D eigenvalue weighted by Gasteiger charge is 2.16. The summed E-state index contributed by atoms with van der Waals surface area (Å²) in [7, 11) is 3.19. The summed E-state index contributed by atoms with van der Waals surface area (Å²) >= 11 is 0. The summed E-state index contributed by atoms with van der Waals surface area (Å²) < 4.78 is 37.3. The summed E-state index contributed by atoms with van der Waals surface area (Å²) in [6.45, 7) is 2.01. The number of rotatable bonds is 9. The lowest BCUT2D eigenvalue weighted by atomic mass is 10.3. The van der Waals surface area contributed by atoms with Gasteiger partial charge in [-0.15, -0.1) is 0 Å². The van der Waals surface area contributed by atoms with Gasteiger partial charge in [-0.3, -0.25) is 0 Å². The first-order chi connectivity index (χ1) is 12.1. The standard InChI is InChI=1S/C16H21F2N5O2/c1-24-7-5-23(6-8-25-2)16-14(19)15(20-10-21-16)22-13-9-11(17)3-4-12(13)18/h3-4,9-10H,5-8,19H2,1-2H3,(H,20,21,22). The number of nitrogens with zero attached hydrogens (tertiary/aromatic N) is 3. The Morgan fingerprint density at radius 2 is 1.80 bits per heavy atom. The van der Waals surface area contributed by atoms with Gasteiger partial charge in [-0.25, -0.2) is 18.7 Å². The molecule has 0 aliphatic rings. The number of benzene rings is 1. The number of nitrogen functional groups attached to an aromatic ring is 1. The van der Waals surface area contributed by atoms with Crippen LogP contribution < -0.4 is 16.0 Å². The van der Waals surface area contributed by atoms with E-state index in [1.165, 1.54) is 6.33 Å². The molecule has 9 heteroatoms. The Kier molecular flexibility index (Phi) is 6.84. The average Bonchev–Trinajstić information content (AvgIpc) is 2.60. The number of nitrogens with two attached hydrogens (primary N) is 1. The monoisotopic (exact) mass is 353 g/mol. The van der Waals surface area contributed by atoms with Gasteiger partial charge in [0.1, 0.15) is 23.6 Å². The van der Waals surface area contributed by atoms with E-state index in [1.807, 2.05) is 4.90 Å². The molecule has 0 amide bonds. The first-order valence-electron chi connectivity index (χ1n) is 7.62. The number of ether oxygens (including phenoxy) is 2. The molecule has 1 aromatic heterocycles. The minimum absolute atomic E-state index is 0.0586. The van der Waals surface area contributed by atoms with Crippen LogP contribution in [0.15, 0.2) is 24.5 Å². The summed E-state index contributed by atoms with van der Waals surface area (Å²) in [5, 5.41) is 2.71. The largest absolute Gasteiger partial charge is 0.393 e. The Balaban J connectivity index is 2.29. The molecule has 7 nitrogen and oxygen atoms in total. The molecule has 2 aromatic rings. The second-order valence-corrected chi connectivity index (χ2v) is 5.18. The van der Waals surface area contributed by atoms with Crippen LogP contribution in [-0.2, 0) is 9.47 Å². The van der Waals surface area contributed by atoms with Crippen molar-refractivity contribution >= 4 is 23.0 Å². The van der Waals surface area contributed by atoms with E-state index in [2.05, 4.69) is 15.3 Å². The van der Waals surface area contributed by atoms with Gasteiger partial charge < -0.3 is 25.4 Å². The topological polar surface area (TPSA) is 85.5 Å². The molecule has 0 radical (unpaired) electrons. The molecular formula is C16H21F2N5O2. The van der Waals surface area contributed by atoms with Crippen LogP contribution in [-0.4, -0.2) is 50.5 Å². The van der Waals surface area contributed by atoms with Crippen LogP contribution >= 0.6 is 0 Å². The zero-order valence-corrected chi connectivity index (χ0v) is 14.1. The number of hydrogen-bond donors (Lipinski definition) is 2. The van der Waals surface area contributed by atoms with Crippen molar-refractivity contribution in [3.05, 3.63) is 36.2 Å². The van der Waals surface area contributed by atoms with E-state index < -0.39 is 11.6 Å². The third-order valence-electron chi connectivity index (χ3n) is 3.47. The quantitative estimate of drug-likeness (QED) is 0.715. The first kappa shape index (κ1) is 18.8. The molecular weight excluding hydrogens is 332 g/mol. The minimum Gasteiger partial charge on any atom is -0.393 e. The molecule has 0 atom stereocenters. The van der Waals surface area contributed by atoms with Crippen molar-refractivity contribution in [1.82, 2.24) is 9.97 Å². The number of hydrogen-bond acceptors (Lipinski definition) is 7. The molecule has 1 aromatic carbocycles. The fourth-order valence-electron chi connectivity index (χ4n) is 2.19. The van der Waals surface area contributed by atoms with Crippen LogP contribution in [0, 0.1) is 11.6 Å². The summed E-state index contributed by atoms with van der Waals surface area (Å²) in [4.78, 5) is 10.1. The maximum absolute atomic E-state index is 13.8. The van der Waals surface area contributed by atoms with E-state index in [-0.39, 0.29) is 17.2 Å². The van der Waals surface area contributed by atoms with Gasteiger partial charge in [-0.1, -0.05) is 0 Å². The average molecular weight is 353 g/mol. The first-order valence-corrected chi connectivity index (χ1v) is 7.62. The van der Waals surface area contributed by atoms with Crippen LogP contribution in [0.25, 0.3) is 0 Å². The molecule has 0 bridgehead atoms. The molecule has 0 spiro atoms. The van der Waals surface area contributed by atoms with E-state index in [1.54, 1.807) is 14.2 Å². The second kappa shape index (κ2) is 9.09. The highest BCUT2D eigenvalue weighted by atomic mass is 19.1. The molecule has 2 rings (SSSR count). The zero-order valence-electron chi connectivity index (χ0n) is 14.1. The third kappa shape index (κ3) is 4.97.